The van der Waals surface area contributed by atoms with E-state index in [9.17, 15) is 0 Å². The summed E-state index contributed by atoms with van der Waals surface area (Å²) in [7, 11) is 0. The number of halogens is 1. The van der Waals surface area contributed by atoms with Gasteiger partial charge in [0.15, 0.2) is 5.18 Å². The quantitative estimate of drug-likeness (QED) is 0.365. The first-order valence-electron chi connectivity index (χ1n) is 4.16. The molecule has 68 valence electrons. The molecular formula is C8H18ClNO. The van der Waals surface area contributed by atoms with Crippen LogP contribution in [-0.2, 0) is 4.74 Å². The SMILES string of the molecule is CCOC(C)(Cl)N(CC)CC. The summed E-state index contributed by atoms with van der Waals surface area (Å²) in [5.41, 5.74) is 0. The van der Waals surface area contributed by atoms with Gasteiger partial charge < -0.3 is 4.74 Å². The second-order valence-corrected chi connectivity index (χ2v) is 3.18. The van der Waals surface area contributed by atoms with Crippen LogP contribution in [0.15, 0.2) is 0 Å². The molecule has 0 aromatic heterocycles. The molecule has 0 saturated heterocycles. The predicted octanol–water partition coefficient (Wildman–Crippen LogP) is 2.28. The lowest BCUT2D eigenvalue weighted by Gasteiger charge is -2.33. The van der Waals surface area contributed by atoms with Crippen LogP contribution < -0.4 is 0 Å². The first kappa shape index (κ1) is 11.2. The van der Waals surface area contributed by atoms with Gasteiger partial charge in [0, 0.05) is 6.61 Å². The molecule has 2 nitrogen and oxygen atoms in total. The number of nitrogens with zero attached hydrogens (tertiary/aromatic N) is 1. The summed E-state index contributed by atoms with van der Waals surface area (Å²) in [4.78, 5) is 2.07. The summed E-state index contributed by atoms with van der Waals surface area (Å²) in [5, 5.41) is -0.627. The Bertz CT molecular complexity index is 102. The van der Waals surface area contributed by atoms with E-state index in [2.05, 4.69) is 18.7 Å². The molecule has 0 aromatic rings. The van der Waals surface area contributed by atoms with Crippen LogP contribution in [0, 0.1) is 0 Å². The lowest BCUT2D eigenvalue weighted by Crippen LogP contribution is -2.43. The zero-order valence-corrected chi connectivity index (χ0v) is 8.61. The molecule has 0 heterocycles. The Morgan fingerprint density at radius 1 is 1.27 bits per heavy atom. The van der Waals surface area contributed by atoms with Gasteiger partial charge in [-0.25, -0.2) is 0 Å². The molecule has 1 atom stereocenters. The van der Waals surface area contributed by atoms with E-state index in [0.717, 1.165) is 13.1 Å². The van der Waals surface area contributed by atoms with Crippen LogP contribution in [0.3, 0.4) is 0 Å². The lowest BCUT2D eigenvalue weighted by molar-refractivity contribution is -0.0732. The van der Waals surface area contributed by atoms with Crippen molar-refractivity contribution in [3.8, 4) is 0 Å². The maximum absolute atomic E-state index is 6.11. The number of ether oxygens (including phenoxy) is 1. The van der Waals surface area contributed by atoms with E-state index in [1.54, 1.807) is 0 Å². The number of rotatable bonds is 5. The third-order valence-corrected chi connectivity index (χ3v) is 2.08. The molecular weight excluding hydrogens is 162 g/mol. The average Bonchev–Trinajstić information content (AvgIpc) is 1.89. The zero-order valence-electron chi connectivity index (χ0n) is 7.85. The highest BCUT2D eigenvalue weighted by molar-refractivity contribution is 6.22. The first-order valence-corrected chi connectivity index (χ1v) is 4.54. The molecule has 0 aliphatic carbocycles. The first-order chi connectivity index (χ1) is 5.08. The van der Waals surface area contributed by atoms with Gasteiger partial charge in [0.2, 0.25) is 0 Å². The Morgan fingerprint density at radius 2 is 1.73 bits per heavy atom. The van der Waals surface area contributed by atoms with E-state index < -0.39 is 5.18 Å². The minimum absolute atomic E-state index is 0.627. The fraction of sp³-hybridized carbons (Fsp3) is 1.00. The molecule has 0 spiro atoms. The fourth-order valence-corrected chi connectivity index (χ4v) is 1.49. The van der Waals surface area contributed by atoms with Gasteiger partial charge in [-0.05, 0) is 26.9 Å². The Labute approximate surface area is 74.5 Å². The van der Waals surface area contributed by atoms with Gasteiger partial charge in [-0.1, -0.05) is 25.4 Å². The van der Waals surface area contributed by atoms with Crippen molar-refractivity contribution in [3.63, 3.8) is 0 Å². The largest absolute Gasteiger partial charge is 0.347 e. The van der Waals surface area contributed by atoms with Crippen molar-refractivity contribution >= 4 is 11.6 Å². The highest BCUT2D eigenvalue weighted by atomic mass is 35.5. The van der Waals surface area contributed by atoms with E-state index in [4.69, 9.17) is 16.3 Å². The van der Waals surface area contributed by atoms with Gasteiger partial charge in [0.05, 0.1) is 0 Å². The summed E-state index contributed by atoms with van der Waals surface area (Å²) in [6.07, 6.45) is 0. The van der Waals surface area contributed by atoms with E-state index >= 15 is 0 Å². The normalized spacial score (nSPS) is 16.9. The van der Waals surface area contributed by atoms with Crippen molar-refractivity contribution in [2.75, 3.05) is 19.7 Å². The molecule has 0 N–H and O–H groups in total. The van der Waals surface area contributed by atoms with E-state index in [1.165, 1.54) is 0 Å². The minimum Gasteiger partial charge on any atom is -0.347 e. The summed E-state index contributed by atoms with van der Waals surface area (Å²) in [6, 6.07) is 0. The zero-order chi connectivity index (χ0) is 8.91. The Kier molecular flexibility index (Phi) is 5.06. The number of hydrogen-bond donors (Lipinski definition) is 0. The molecule has 11 heavy (non-hydrogen) atoms. The van der Waals surface area contributed by atoms with Crippen molar-refractivity contribution in [2.45, 2.75) is 32.9 Å². The number of hydrogen-bond acceptors (Lipinski definition) is 2. The monoisotopic (exact) mass is 179 g/mol. The summed E-state index contributed by atoms with van der Waals surface area (Å²) in [5.74, 6) is 0. The average molecular weight is 180 g/mol. The second-order valence-electron chi connectivity index (χ2n) is 2.47. The molecule has 0 saturated carbocycles. The van der Waals surface area contributed by atoms with Gasteiger partial charge in [-0.2, -0.15) is 0 Å². The minimum atomic E-state index is -0.627. The van der Waals surface area contributed by atoms with Crippen LogP contribution in [0.4, 0.5) is 0 Å². The highest BCUT2D eigenvalue weighted by Crippen LogP contribution is 2.20. The van der Waals surface area contributed by atoms with E-state index in [0.29, 0.717) is 6.61 Å². The molecule has 0 fully saturated rings. The molecule has 0 aromatic carbocycles. The molecule has 0 rings (SSSR count). The lowest BCUT2D eigenvalue weighted by atomic mass is 10.4. The second kappa shape index (κ2) is 4.96. The summed E-state index contributed by atoms with van der Waals surface area (Å²) < 4.78 is 5.36. The molecule has 0 radical (unpaired) electrons. The van der Waals surface area contributed by atoms with Crippen LogP contribution in [0.5, 0.6) is 0 Å². The Hall–Kier alpha value is 0.210. The predicted molar refractivity (Wildman–Crippen MR) is 48.8 cm³/mol. The van der Waals surface area contributed by atoms with Crippen molar-refractivity contribution in [1.29, 1.82) is 0 Å². The van der Waals surface area contributed by atoms with Crippen molar-refractivity contribution in [3.05, 3.63) is 0 Å². The van der Waals surface area contributed by atoms with Crippen molar-refractivity contribution in [1.82, 2.24) is 4.90 Å². The van der Waals surface area contributed by atoms with Crippen LogP contribution in [0.2, 0.25) is 0 Å². The molecule has 1 unspecified atom stereocenters. The molecule has 3 heteroatoms. The topological polar surface area (TPSA) is 12.5 Å². The van der Waals surface area contributed by atoms with Crippen molar-refractivity contribution in [2.24, 2.45) is 0 Å². The third-order valence-electron chi connectivity index (χ3n) is 1.74. The molecule has 0 amide bonds. The van der Waals surface area contributed by atoms with Crippen LogP contribution >= 0.6 is 11.6 Å². The third kappa shape index (κ3) is 3.41. The van der Waals surface area contributed by atoms with Gasteiger partial charge in [-0.15, -0.1) is 0 Å². The maximum atomic E-state index is 6.11. The highest BCUT2D eigenvalue weighted by Gasteiger charge is 2.26. The van der Waals surface area contributed by atoms with Gasteiger partial charge in [0.25, 0.3) is 0 Å². The van der Waals surface area contributed by atoms with Crippen LogP contribution in [-0.4, -0.2) is 29.8 Å². The molecule has 0 bridgehead atoms. The standard InChI is InChI=1S/C8H18ClNO/c1-5-10(6-2)8(4,9)11-7-3/h5-7H2,1-4H3. The summed E-state index contributed by atoms with van der Waals surface area (Å²) in [6.45, 7) is 10.4. The molecule has 0 aliphatic heterocycles. The van der Waals surface area contributed by atoms with Crippen LogP contribution in [0.25, 0.3) is 0 Å². The van der Waals surface area contributed by atoms with Crippen LogP contribution in [0.1, 0.15) is 27.7 Å². The van der Waals surface area contributed by atoms with E-state index in [1.807, 2.05) is 13.8 Å². The fourth-order valence-electron chi connectivity index (χ4n) is 1.14. The smallest absolute Gasteiger partial charge is 0.195 e. The Morgan fingerprint density at radius 3 is 2.00 bits per heavy atom. The van der Waals surface area contributed by atoms with Gasteiger partial charge in [-0.3, -0.25) is 4.90 Å². The Balaban J connectivity index is 4.00. The van der Waals surface area contributed by atoms with Gasteiger partial charge in [0.1, 0.15) is 0 Å². The maximum Gasteiger partial charge on any atom is 0.195 e. The van der Waals surface area contributed by atoms with Crippen molar-refractivity contribution < 1.29 is 4.74 Å². The van der Waals surface area contributed by atoms with Gasteiger partial charge >= 0.3 is 0 Å². The molecule has 0 aliphatic rings. The number of alkyl halides is 1. The summed E-state index contributed by atoms with van der Waals surface area (Å²) >= 11 is 6.11. The van der Waals surface area contributed by atoms with E-state index in [-0.39, 0.29) is 0 Å².